The molecule has 0 spiro atoms. The van der Waals surface area contributed by atoms with Crippen LogP contribution >= 0.6 is 22.6 Å². The quantitative estimate of drug-likeness (QED) is 0.774. The molecule has 0 saturated heterocycles. The van der Waals surface area contributed by atoms with Crippen LogP contribution in [0.25, 0.3) is 0 Å². The van der Waals surface area contributed by atoms with E-state index in [-0.39, 0.29) is 11.6 Å². The summed E-state index contributed by atoms with van der Waals surface area (Å²) >= 11 is 2.01. The molecule has 0 aliphatic heterocycles. The first-order valence-corrected chi connectivity index (χ1v) is 5.70. The molecule has 0 aromatic carbocycles. The van der Waals surface area contributed by atoms with Crippen LogP contribution in [0.1, 0.15) is 20.8 Å². The lowest BCUT2D eigenvalue weighted by atomic mass is 10.2. The summed E-state index contributed by atoms with van der Waals surface area (Å²) in [4.78, 5) is 15.3. The molecule has 0 atom stereocenters. The van der Waals surface area contributed by atoms with Crippen molar-refractivity contribution in [1.82, 2.24) is 4.98 Å². The molecule has 1 amide bonds. The van der Waals surface area contributed by atoms with E-state index in [1.165, 1.54) is 12.3 Å². The number of anilines is 1. The molecule has 0 fully saturated rings. The lowest BCUT2D eigenvalue weighted by Gasteiger charge is -2.19. The van der Waals surface area contributed by atoms with Crippen molar-refractivity contribution in [2.45, 2.75) is 26.4 Å². The van der Waals surface area contributed by atoms with Gasteiger partial charge in [0.25, 0.3) is 0 Å². The average molecular weight is 336 g/mol. The second-order valence-corrected chi connectivity index (χ2v) is 5.39. The second-order valence-electron chi connectivity index (χ2n) is 4.15. The molecule has 2 N–H and O–H groups in total. The van der Waals surface area contributed by atoms with Gasteiger partial charge in [-0.15, -0.1) is 0 Å². The van der Waals surface area contributed by atoms with E-state index in [4.69, 9.17) is 4.74 Å². The molecular formula is C10H13IN2O3. The number of rotatable bonds is 1. The Balaban J connectivity index is 2.70. The smallest absolute Gasteiger partial charge is 0.413 e. The van der Waals surface area contributed by atoms with E-state index >= 15 is 0 Å². The van der Waals surface area contributed by atoms with Crippen LogP contribution in [-0.4, -0.2) is 21.8 Å². The SMILES string of the molecule is CC(C)(C)OC(=O)Nc1ncc(I)cc1O. The summed E-state index contributed by atoms with van der Waals surface area (Å²) in [7, 11) is 0. The van der Waals surface area contributed by atoms with Gasteiger partial charge in [-0.25, -0.2) is 9.78 Å². The summed E-state index contributed by atoms with van der Waals surface area (Å²) in [5.74, 6) is 0.00688. The number of carbonyl (C=O) groups excluding carboxylic acids is 1. The Morgan fingerprint density at radius 1 is 1.56 bits per heavy atom. The maximum absolute atomic E-state index is 11.4. The lowest BCUT2D eigenvalue weighted by molar-refractivity contribution is 0.0634. The predicted molar refractivity (Wildman–Crippen MR) is 68.5 cm³/mol. The molecular weight excluding hydrogens is 323 g/mol. The minimum absolute atomic E-state index is 0.0854. The Labute approximate surface area is 107 Å². The highest BCUT2D eigenvalue weighted by Gasteiger charge is 2.17. The molecule has 1 heterocycles. The summed E-state index contributed by atoms with van der Waals surface area (Å²) in [5.41, 5.74) is -0.580. The van der Waals surface area contributed by atoms with Crippen molar-refractivity contribution < 1.29 is 14.6 Å². The molecule has 1 rings (SSSR count). The van der Waals surface area contributed by atoms with E-state index in [1.807, 2.05) is 22.6 Å². The van der Waals surface area contributed by atoms with Crippen LogP contribution in [0.3, 0.4) is 0 Å². The number of aromatic nitrogens is 1. The Morgan fingerprint density at radius 3 is 2.69 bits per heavy atom. The Kier molecular flexibility index (Phi) is 3.95. The zero-order chi connectivity index (χ0) is 12.3. The van der Waals surface area contributed by atoms with Crippen molar-refractivity contribution in [2.24, 2.45) is 0 Å². The zero-order valence-electron chi connectivity index (χ0n) is 9.24. The van der Waals surface area contributed by atoms with E-state index in [9.17, 15) is 9.90 Å². The largest absolute Gasteiger partial charge is 0.504 e. The van der Waals surface area contributed by atoms with Crippen molar-refractivity contribution in [1.29, 1.82) is 0 Å². The van der Waals surface area contributed by atoms with Gasteiger partial charge < -0.3 is 9.84 Å². The molecule has 88 valence electrons. The summed E-state index contributed by atoms with van der Waals surface area (Å²) < 4.78 is 5.81. The van der Waals surface area contributed by atoms with Gasteiger partial charge in [-0.05, 0) is 49.4 Å². The van der Waals surface area contributed by atoms with Crippen molar-refractivity contribution in [3.8, 4) is 5.75 Å². The molecule has 5 nitrogen and oxygen atoms in total. The number of amides is 1. The van der Waals surface area contributed by atoms with Gasteiger partial charge in [-0.2, -0.15) is 0 Å². The van der Waals surface area contributed by atoms with E-state index < -0.39 is 11.7 Å². The van der Waals surface area contributed by atoms with Crippen molar-refractivity contribution in [3.63, 3.8) is 0 Å². The highest BCUT2D eigenvalue weighted by atomic mass is 127. The molecule has 6 heteroatoms. The number of pyridine rings is 1. The van der Waals surface area contributed by atoms with Crippen molar-refractivity contribution in [3.05, 3.63) is 15.8 Å². The second kappa shape index (κ2) is 4.86. The highest BCUT2D eigenvalue weighted by Crippen LogP contribution is 2.22. The average Bonchev–Trinajstić information content (AvgIpc) is 2.06. The lowest BCUT2D eigenvalue weighted by Crippen LogP contribution is -2.27. The van der Waals surface area contributed by atoms with Crippen LogP contribution in [0.15, 0.2) is 12.3 Å². The van der Waals surface area contributed by atoms with Crippen LogP contribution < -0.4 is 5.32 Å². The van der Waals surface area contributed by atoms with Gasteiger partial charge in [-0.1, -0.05) is 0 Å². The molecule has 1 aromatic rings. The van der Waals surface area contributed by atoms with E-state index in [0.717, 1.165) is 3.57 Å². The maximum atomic E-state index is 11.4. The number of nitrogens with zero attached hydrogens (tertiary/aromatic N) is 1. The normalized spacial score (nSPS) is 11.0. The number of hydrogen-bond acceptors (Lipinski definition) is 4. The number of nitrogens with one attached hydrogen (secondary N) is 1. The van der Waals surface area contributed by atoms with Crippen LogP contribution in [0.4, 0.5) is 10.6 Å². The van der Waals surface area contributed by atoms with E-state index in [2.05, 4.69) is 10.3 Å². The Hall–Kier alpha value is -1.05. The Bertz CT molecular complexity index is 402. The molecule has 16 heavy (non-hydrogen) atoms. The number of aromatic hydroxyl groups is 1. The number of hydrogen-bond donors (Lipinski definition) is 2. The maximum Gasteiger partial charge on any atom is 0.413 e. The van der Waals surface area contributed by atoms with Gasteiger partial charge >= 0.3 is 6.09 Å². The summed E-state index contributed by atoms with van der Waals surface area (Å²) in [5, 5.41) is 11.9. The zero-order valence-corrected chi connectivity index (χ0v) is 11.4. The van der Waals surface area contributed by atoms with Crippen LogP contribution in [0.2, 0.25) is 0 Å². The third-order valence-corrected chi connectivity index (χ3v) is 2.04. The topological polar surface area (TPSA) is 71.5 Å². The highest BCUT2D eigenvalue weighted by molar-refractivity contribution is 14.1. The van der Waals surface area contributed by atoms with Crippen LogP contribution in [-0.2, 0) is 4.74 Å². The molecule has 0 unspecified atom stereocenters. The van der Waals surface area contributed by atoms with Gasteiger partial charge in [0, 0.05) is 9.77 Å². The van der Waals surface area contributed by atoms with Crippen LogP contribution in [0, 0.1) is 3.57 Å². The van der Waals surface area contributed by atoms with Crippen molar-refractivity contribution >= 4 is 34.5 Å². The number of carbonyl (C=O) groups is 1. The fraction of sp³-hybridized carbons (Fsp3) is 0.400. The van der Waals surface area contributed by atoms with Gasteiger partial charge in [0.05, 0.1) is 0 Å². The van der Waals surface area contributed by atoms with Gasteiger partial charge in [0.1, 0.15) is 5.60 Å². The molecule has 0 saturated carbocycles. The first kappa shape index (κ1) is 13.0. The molecule has 0 radical (unpaired) electrons. The third kappa shape index (κ3) is 4.21. The minimum atomic E-state index is -0.642. The first-order chi connectivity index (χ1) is 7.28. The summed E-state index contributed by atoms with van der Waals surface area (Å²) in [6.45, 7) is 5.27. The third-order valence-electron chi connectivity index (χ3n) is 1.45. The monoisotopic (exact) mass is 336 g/mol. The van der Waals surface area contributed by atoms with E-state index in [0.29, 0.717) is 0 Å². The minimum Gasteiger partial charge on any atom is -0.504 e. The Morgan fingerprint density at radius 2 is 2.19 bits per heavy atom. The standard InChI is InChI=1S/C10H13IN2O3/c1-10(2,3)16-9(15)13-8-7(14)4-6(11)5-12-8/h4-5,14H,1-3H3,(H,12,13,15). The molecule has 1 aromatic heterocycles. The summed E-state index contributed by atoms with van der Waals surface area (Å²) in [6.07, 6.45) is 0.893. The molecule has 0 aliphatic rings. The van der Waals surface area contributed by atoms with Gasteiger partial charge in [0.15, 0.2) is 11.6 Å². The number of ether oxygens (including phenoxy) is 1. The predicted octanol–water partition coefficient (Wildman–Crippen LogP) is 2.74. The fourth-order valence-corrected chi connectivity index (χ4v) is 1.36. The summed E-state index contributed by atoms with van der Waals surface area (Å²) in [6, 6.07) is 1.50. The van der Waals surface area contributed by atoms with Gasteiger partial charge in [-0.3, -0.25) is 5.32 Å². The van der Waals surface area contributed by atoms with Crippen molar-refractivity contribution in [2.75, 3.05) is 5.32 Å². The van der Waals surface area contributed by atoms with E-state index in [1.54, 1.807) is 20.8 Å². The van der Waals surface area contributed by atoms with Gasteiger partial charge in [0.2, 0.25) is 0 Å². The molecule has 0 aliphatic carbocycles. The first-order valence-electron chi connectivity index (χ1n) is 4.62. The van der Waals surface area contributed by atoms with Crippen LogP contribution in [0.5, 0.6) is 5.75 Å². The molecule has 0 bridgehead atoms. The number of halogens is 1. The fourth-order valence-electron chi connectivity index (χ4n) is 0.925.